The van der Waals surface area contributed by atoms with Gasteiger partial charge in [0.25, 0.3) is 0 Å². The SMILES string of the molecule is Cc1cc(C(C)NCCC(=O)N(C)C)c(C)o1. The second kappa shape index (κ2) is 5.87. The molecule has 0 radical (unpaired) electrons. The Kier molecular flexibility index (Phi) is 4.75. The summed E-state index contributed by atoms with van der Waals surface area (Å²) in [5, 5.41) is 3.33. The van der Waals surface area contributed by atoms with Crippen molar-refractivity contribution in [2.45, 2.75) is 33.2 Å². The maximum Gasteiger partial charge on any atom is 0.223 e. The first-order chi connectivity index (χ1) is 7.91. The number of amides is 1. The van der Waals surface area contributed by atoms with Crippen LogP contribution >= 0.6 is 0 Å². The van der Waals surface area contributed by atoms with E-state index in [4.69, 9.17) is 4.42 Å². The number of carbonyl (C=O) groups is 1. The van der Waals surface area contributed by atoms with Gasteiger partial charge in [0.15, 0.2) is 0 Å². The molecular formula is C13H22N2O2. The van der Waals surface area contributed by atoms with Crippen LogP contribution in [0.15, 0.2) is 10.5 Å². The molecule has 1 amide bonds. The smallest absolute Gasteiger partial charge is 0.223 e. The van der Waals surface area contributed by atoms with Crippen LogP contribution in [-0.4, -0.2) is 31.4 Å². The normalized spacial score (nSPS) is 12.5. The highest BCUT2D eigenvalue weighted by molar-refractivity contribution is 5.75. The van der Waals surface area contributed by atoms with E-state index in [9.17, 15) is 4.79 Å². The molecule has 1 aromatic heterocycles. The van der Waals surface area contributed by atoms with Gasteiger partial charge in [-0.2, -0.15) is 0 Å². The van der Waals surface area contributed by atoms with Crippen molar-refractivity contribution < 1.29 is 9.21 Å². The van der Waals surface area contributed by atoms with Gasteiger partial charge in [0.1, 0.15) is 11.5 Å². The number of hydrogen-bond donors (Lipinski definition) is 1. The molecule has 96 valence electrons. The molecule has 0 saturated carbocycles. The Hall–Kier alpha value is -1.29. The lowest BCUT2D eigenvalue weighted by molar-refractivity contribution is -0.128. The Bertz CT molecular complexity index is 383. The first-order valence-corrected chi connectivity index (χ1v) is 5.92. The summed E-state index contributed by atoms with van der Waals surface area (Å²) in [6.45, 7) is 6.67. The predicted octanol–water partition coefficient (Wildman–Crippen LogP) is 2.03. The van der Waals surface area contributed by atoms with E-state index < -0.39 is 0 Å². The average molecular weight is 238 g/mol. The van der Waals surface area contributed by atoms with Crippen LogP contribution < -0.4 is 5.32 Å². The van der Waals surface area contributed by atoms with E-state index in [1.165, 1.54) is 5.56 Å². The average Bonchev–Trinajstić information content (AvgIpc) is 2.57. The Morgan fingerprint density at radius 3 is 2.59 bits per heavy atom. The summed E-state index contributed by atoms with van der Waals surface area (Å²) >= 11 is 0. The second-order valence-corrected chi connectivity index (χ2v) is 4.58. The number of carbonyl (C=O) groups excluding carboxylic acids is 1. The molecule has 1 aromatic rings. The summed E-state index contributed by atoms with van der Waals surface area (Å²) in [6.07, 6.45) is 0.521. The minimum atomic E-state index is 0.143. The molecule has 0 aliphatic carbocycles. The van der Waals surface area contributed by atoms with Crippen molar-refractivity contribution >= 4 is 5.91 Å². The standard InChI is InChI=1S/C13H22N2O2/c1-9-8-12(11(3)17-9)10(2)14-7-6-13(16)15(4)5/h8,10,14H,6-7H2,1-5H3. The third-order valence-corrected chi connectivity index (χ3v) is 2.83. The molecule has 4 nitrogen and oxygen atoms in total. The van der Waals surface area contributed by atoms with Crippen LogP contribution in [0.5, 0.6) is 0 Å². The zero-order valence-corrected chi connectivity index (χ0v) is 11.3. The molecule has 1 unspecified atom stereocenters. The summed E-state index contributed by atoms with van der Waals surface area (Å²) in [5.41, 5.74) is 1.17. The summed E-state index contributed by atoms with van der Waals surface area (Å²) in [5.74, 6) is 2.02. The van der Waals surface area contributed by atoms with Crippen LogP contribution in [-0.2, 0) is 4.79 Å². The van der Waals surface area contributed by atoms with Crippen LogP contribution in [0.2, 0.25) is 0 Å². The van der Waals surface area contributed by atoms with Gasteiger partial charge in [-0.25, -0.2) is 0 Å². The molecule has 0 bridgehead atoms. The Balaban J connectivity index is 2.42. The lowest BCUT2D eigenvalue weighted by Gasteiger charge is -2.14. The molecule has 17 heavy (non-hydrogen) atoms. The minimum absolute atomic E-state index is 0.143. The summed E-state index contributed by atoms with van der Waals surface area (Å²) in [6, 6.07) is 2.25. The summed E-state index contributed by atoms with van der Waals surface area (Å²) in [4.78, 5) is 13.0. The van der Waals surface area contributed by atoms with Gasteiger partial charge >= 0.3 is 0 Å². The number of aryl methyl sites for hydroxylation is 2. The predicted molar refractivity (Wildman–Crippen MR) is 67.9 cm³/mol. The monoisotopic (exact) mass is 238 g/mol. The Morgan fingerprint density at radius 2 is 2.12 bits per heavy atom. The van der Waals surface area contributed by atoms with Gasteiger partial charge < -0.3 is 14.6 Å². The van der Waals surface area contributed by atoms with Crippen molar-refractivity contribution in [3.05, 3.63) is 23.2 Å². The maximum atomic E-state index is 11.4. The summed E-state index contributed by atoms with van der Waals surface area (Å²) < 4.78 is 5.49. The first kappa shape index (κ1) is 13.8. The number of hydrogen-bond acceptors (Lipinski definition) is 3. The molecule has 1 N–H and O–H groups in total. The van der Waals surface area contributed by atoms with Gasteiger partial charge in [0, 0.05) is 38.7 Å². The molecule has 1 atom stereocenters. The molecule has 0 aliphatic heterocycles. The maximum absolute atomic E-state index is 11.4. The zero-order valence-electron chi connectivity index (χ0n) is 11.3. The van der Waals surface area contributed by atoms with Crippen molar-refractivity contribution in [2.75, 3.05) is 20.6 Å². The number of rotatable bonds is 5. The topological polar surface area (TPSA) is 45.5 Å². The van der Waals surface area contributed by atoms with E-state index >= 15 is 0 Å². The number of nitrogens with one attached hydrogen (secondary N) is 1. The van der Waals surface area contributed by atoms with Crippen LogP contribution in [0.4, 0.5) is 0 Å². The fourth-order valence-electron chi connectivity index (χ4n) is 1.81. The first-order valence-electron chi connectivity index (χ1n) is 5.92. The van der Waals surface area contributed by atoms with Crippen LogP contribution in [0.25, 0.3) is 0 Å². The molecule has 0 aromatic carbocycles. The third-order valence-electron chi connectivity index (χ3n) is 2.83. The second-order valence-electron chi connectivity index (χ2n) is 4.58. The summed E-state index contributed by atoms with van der Waals surface area (Å²) in [7, 11) is 3.55. The van der Waals surface area contributed by atoms with E-state index in [1.54, 1.807) is 19.0 Å². The van der Waals surface area contributed by atoms with Gasteiger partial charge in [0.05, 0.1) is 0 Å². The van der Waals surface area contributed by atoms with Crippen molar-refractivity contribution in [1.82, 2.24) is 10.2 Å². The van der Waals surface area contributed by atoms with Crippen LogP contribution in [0, 0.1) is 13.8 Å². The Morgan fingerprint density at radius 1 is 1.47 bits per heavy atom. The lowest BCUT2D eigenvalue weighted by atomic mass is 10.1. The largest absolute Gasteiger partial charge is 0.466 e. The molecule has 0 fully saturated rings. The quantitative estimate of drug-likeness (QED) is 0.853. The Labute approximate surface area is 103 Å². The van der Waals surface area contributed by atoms with E-state index in [0.717, 1.165) is 11.5 Å². The lowest BCUT2D eigenvalue weighted by Crippen LogP contribution is -2.28. The van der Waals surface area contributed by atoms with Crippen molar-refractivity contribution in [3.8, 4) is 0 Å². The minimum Gasteiger partial charge on any atom is -0.466 e. The molecule has 0 spiro atoms. The highest BCUT2D eigenvalue weighted by atomic mass is 16.3. The van der Waals surface area contributed by atoms with E-state index in [-0.39, 0.29) is 11.9 Å². The van der Waals surface area contributed by atoms with E-state index in [0.29, 0.717) is 13.0 Å². The fourth-order valence-corrected chi connectivity index (χ4v) is 1.81. The number of nitrogens with zero attached hydrogens (tertiary/aromatic N) is 1. The van der Waals surface area contributed by atoms with Crippen molar-refractivity contribution in [3.63, 3.8) is 0 Å². The van der Waals surface area contributed by atoms with Crippen LogP contribution in [0.1, 0.15) is 36.5 Å². The van der Waals surface area contributed by atoms with Crippen molar-refractivity contribution in [1.29, 1.82) is 0 Å². The zero-order chi connectivity index (χ0) is 13.0. The van der Waals surface area contributed by atoms with Crippen molar-refractivity contribution in [2.24, 2.45) is 0 Å². The molecule has 0 saturated heterocycles. The molecule has 0 aliphatic rings. The molecule has 1 rings (SSSR count). The number of furan rings is 1. The van der Waals surface area contributed by atoms with E-state index in [1.807, 2.05) is 19.9 Å². The molecule has 4 heteroatoms. The van der Waals surface area contributed by atoms with Crippen LogP contribution in [0.3, 0.4) is 0 Å². The van der Waals surface area contributed by atoms with E-state index in [2.05, 4.69) is 12.2 Å². The molecule has 1 heterocycles. The third kappa shape index (κ3) is 3.89. The fraction of sp³-hybridized carbons (Fsp3) is 0.615. The van der Waals surface area contributed by atoms with Gasteiger partial charge in [-0.05, 0) is 26.8 Å². The molecular weight excluding hydrogens is 216 g/mol. The van der Waals surface area contributed by atoms with Gasteiger partial charge in [-0.15, -0.1) is 0 Å². The van der Waals surface area contributed by atoms with Gasteiger partial charge in [-0.1, -0.05) is 0 Å². The van der Waals surface area contributed by atoms with Gasteiger partial charge in [0.2, 0.25) is 5.91 Å². The highest BCUT2D eigenvalue weighted by Gasteiger charge is 2.12. The highest BCUT2D eigenvalue weighted by Crippen LogP contribution is 2.20. The van der Waals surface area contributed by atoms with Gasteiger partial charge in [-0.3, -0.25) is 4.79 Å².